The summed E-state index contributed by atoms with van der Waals surface area (Å²) in [6.45, 7) is 2.22. The highest BCUT2D eigenvalue weighted by molar-refractivity contribution is 6.35. The molecule has 2 atom stereocenters. The summed E-state index contributed by atoms with van der Waals surface area (Å²) in [4.78, 5) is 11.9. The van der Waals surface area contributed by atoms with E-state index >= 15 is 0 Å². The molecule has 0 bridgehead atoms. The minimum Gasteiger partial charge on any atom is -0.353 e. The van der Waals surface area contributed by atoms with Crippen LogP contribution in [0.15, 0.2) is 18.2 Å². The van der Waals surface area contributed by atoms with E-state index in [0.29, 0.717) is 22.5 Å². The van der Waals surface area contributed by atoms with Crippen LogP contribution in [0.3, 0.4) is 0 Å². The van der Waals surface area contributed by atoms with Gasteiger partial charge in [-0.05, 0) is 42.9 Å². The van der Waals surface area contributed by atoms with Crippen LogP contribution in [-0.4, -0.2) is 11.9 Å². The molecule has 0 spiro atoms. The van der Waals surface area contributed by atoms with Crippen LogP contribution < -0.4 is 5.32 Å². The smallest absolute Gasteiger partial charge is 0.224 e. The molecule has 1 saturated carbocycles. The van der Waals surface area contributed by atoms with Gasteiger partial charge in [0.1, 0.15) is 0 Å². The summed E-state index contributed by atoms with van der Waals surface area (Å²) < 4.78 is 0. The summed E-state index contributed by atoms with van der Waals surface area (Å²) in [7, 11) is 0. The van der Waals surface area contributed by atoms with Gasteiger partial charge in [0.2, 0.25) is 5.91 Å². The number of hydrogen-bond acceptors (Lipinski definition) is 1. The average molecular weight is 286 g/mol. The van der Waals surface area contributed by atoms with Crippen molar-refractivity contribution < 1.29 is 4.79 Å². The number of carbonyl (C=O) groups excluding carboxylic acids is 1. The summed E-state index contributed by atoms with van der Waals surface area (Å²) in [6, 6.07) is 5.57. The predicted octanol–water partition coefficient (Wildman–Crippen LogP) is 3.84. The Morgan fingerprint density at radius 1 is 1.39 bits per heavy atom. The van der Waals surface area contributed by atoms with E-state index in [0.717, 1.165) is 24.3 Å². The van der Waals surface area contributed by atoms with Gasteiger partial charge in [0.25, 0.3) is 0 Å². The highest BCUT2D eigenvalue weighted by Gasteiger charge is 2.22. The first-order chi connectivity index (χ1) is 8.54. The molecule has 0 aromatic heterocycles. The summed E-state index contributed by atoms with van der Waals surface area (Å²) in [5, 5.41) is 4.21. The molecule has 0 heterocycles. The fraction of sp³-hybridized carbons (Fsp3) is 0.500. The molecule has 1 aromatic carbocycles. The first-order valence-corrected chi connectivity index (χ1v) is 7.03. The molecule has 0 radical (unpaired) electrons. The van der Waals surface area contributed by atoms with E-state index < -0.39 is 0 Å². The molecule has 4 heteroatoms. The van der Waals surface area contributed by atoms with Crippen molar-refractivity contribution in [3.05, 3.63) is 33.8 Å². The molecular weight excluding hydrogens is 269 g/mol. The highest BCUT2D eigenvalue weighted by Crippen LogP contribution is 2.25. The van der Waals surface area contributed by atoms with Gasteiger partial charge < -0.3 is 5.32 Å². The van der Waals surface area contributed by atoms with Crippen LogP contribution in [-0.2, 0) is 11.2 Å². The molecule has 1 fully saturated rings. The zero-order valence-corrected chi connectivity index (χ0v) is 11.9. The van der Waals surface area contributed by atoms with Crippen molar-refractivity contribution in [3.63, 3.8) is 0 Å². The molecular formula is C14H17Cl2NO. The molecule has 98 valence electrons. The topological polar surface area (TPSA) is 29.1 Å². The molecule has 0 aliphatic heterocycles. The van der Waals surface area contributed by atoms with E-state index in [1.54, 1.807) is 12.1 Å². The first kappa shape index (κ1) is 13.7. The van der Waals surface area contributed by atoms with Crippen LogP contribution in [0, 0.1) is 5.92 Å². The lowest BCUT2D eigenvalue weighted by Crippen LogP contribution is -2.34. The second-order valence-corrected chi connectivity index (χ2v) is 5.94. The second-order valence-electron chi connectivity index (χ2n) is 5.10. The molecule has 2 unspecified atom stereocenters. The number of rotatable bonds is 3. The van der Waals surface area contributed by atoms with E-state index in [1.807, 2.05) is 6.07 Å². The monoisotopic (exact) mass is 285 g/mol. The molecule has 1 N–H and O–H groups in total. The van der Waals surface area contributed by atoms with E-state index in [9.17, 15) is 4.79 Å². The molecule has 1 aliphatic rings. The number of hydrogen-bond donors (Lipinski definition) is 1. The summed E-state index contributed by atoms with van der Waals surface area (Å²) in [6.07, 6.45) is 3.69. The predicted molar refractivity (Wildman–Crippen MR) is 75.1 cm³/mol. The second kappa shape index (κ2) is 5.94. The van der Waals surface area contributed by atoms with Crippen LogP contribution >= 0.6 is 23.2 Å². The van der Waals surface area contributed by atoms with Gasteiger partial charge in [-0.15, -0.1) is 0 Å². The zero-order chi connectivity index (χ0) is 13.1. The van der Waals surface area contributed by atoms with Crippen LogP contribution in [0.2, 0.25) is 10.0 Å². The number of halogens is 2. The van der Waals surface area contributed by atoms with Crippen molar-refractivity contribution in [2.24, 2.45) is 5.92 Å². The van der Waals surface area contributed by atoms with Gasteiger partial charge in [-0.25, -0.2) is 0 Å². The fourth-order valence-electron chi connectivity index (χ4n) is 2.45. The maximum Gasteiger partial charge on any atom is 0.224 e. The van der Waals surface area contributed by atoms with E-state index in [-0.39, 0.29) is 5.91 Å². The maximum absolute atomic E-state index is 11.9. The summed E-state index contributed by atoms with van der Waals surface area (Å²) in [5.74, 6) is 0.757. The van der Waals surface area contributed by atoms with Crippen molar-refractivity contribution in [2.45, 2.75) is 38.6 Å². The molecule has 2 rings (SSSR count). The third-order valence-electron chi connectivity index (χ3n) is 3.43. The number of benzene rings is 1. The average Bonchev–Trinajstić information content (AvgIpc) is 2.68. The molecule has 1 aromatic rings. The largest absolute Gasteiger partial charge is 0.353 e. The number of carbonyl (C=O) groups is 1. The standard InChI is InChI=1S/C14H17Cl2NO/c1-9-2-5-12(6-9)17-14(18)7-10-3-4-11(15)8-13(10)16/h3-4,8-9,12H,2,5-7H2,1H3,(H,17,18). The maximum atomic E-state index is 11.9. The van der Waals surface area contributed by atoms with Crippen LogP contribution in [0.5, 0.6) is 0 Å². The Bertz CT molecular complexity index is 447. The number of amides is 1. The van der Waals surface area contributed by atoms with E-state index in [1.165, 1.54) is 6.42 Å². The lowest BCUT2D eigenvalue weighted by Gasteiger charge is -2.13. The van der Waals surface area contributed by atoms with Crippen molar-refractivity contribution in [2.75, 3.05) is 0 Å². The van der Waals surface area contributed by atoms with Crippen molar-refractivity contribution in [3.8, 4) is 0 Å². The number of nitrogens with one attached hydrogen (secondary N) is 1. The SMILES string of the molecule is CC1CCC(NC(=O)Cc2ccc(Cl)cc2Cl)C1. The van der Waals surface area contributed by atoms with Crippen LogP contribution in [0.4, 0.5) is 0 Å². The van der Waals surface area contributed by atoms with Crippen LogP contribution in [0.1, 0.15) is 31.7 Å². The third-order valence-corrected chi connectivity index (χ3v) is 4.01. The van der Waals surface area contributed by atoms with E-state index in [4.69, 9.17) is 23.2 Å². The molecule has 1 amide bonds. The normalized spacial score (nSPS) is 23.1. The Labute approximate surface area is 118 Å². The van der Waals surface area contributed by atoms with Gasteiger partial charge in [0, 0.05) is 16.1 Å². The van der Waals surface area contributed by atoms with Gasteiger partial charge in [-0.2, -0.15) is 0 Å². The van der Waals surface area contributed by atoms with Gasteiger partial charge in [-0.1, -0.05) is 36.2 Å². The highest BCUT2D eigenvalue weighted by atomic mass is 35.5. The Morgan fingerprint density at radius 3 is 2.78 bits per heavy atom. The fourth-order valence-corrected chi connectivity index (χ4v) is 2.93. The Balaban J connectivity index is 1.91. The Hall–Kier alpha value is -0.730. The van der Waals surface area contributed by atoms with Gasteiger partial charge >= 0.3 is 0 Å². The Morgan fingerprint density at radius 2 is 2.17 bits per heavy atom. The third kappa shape index (κ3) is 3.63. The molecule has 0 saturated heterocycles. The first-order valence-electron chi connectivity index (χ1n) is 6.28. The Kier molecular flexibility index (Phi) is 4.52. The summed E-state index contributed by atoms with van der Waals surface area (Å²) in [5.41, 5.74) is 0.824. The van der Waals surface area contributed by atoms with E-state index in [2.05, 4.69) is 12.2 Å². The molecule has 18 heavy (non-hydrogen) atoms. The van der Waals surface area contributed by atoms with Gasteiger partial charge in [-0.3, -0.25) is 4.79 Å². The minimum atomic E-state index is 0.0401. The zero-order valence-electron chi connectivity index (χ0n) is 10.4. The van der Waals surface area contributed by atoms with Crippen LogP contribution in [0.25, 0.3) is 0 Å². The van der Waals surface area contributed by atoms with Crippen molar-refractivity contribution in [1.29, 1.82) is 0 Å². The van der Waals surface area contributed by atoms with Gasteiger partial charge in [0.15, 0.2) is 0 Å². The van der Waals surface area contributed by atoms with Crippen molar-refractivity contribution in [1.82, 2.24) is 5.32 Å². The van der Waals surface area contributed by atoms with Crippen molar-refractivity contribution >= 4 is 29.1 Å². The molecule has 1 aliphatic carbocycles. The quantitative estimate of drug-likeness (QED) is 0.898. The van der Waals surface area contributed by atoms with Gasteiger partial charge in [0.05, 0.1) is 6.42 Å². The lowest BCUT2D eigenvalue weighted by molar-refractivity contribution is -0.121. The lowest BCUT2D eigenvalue weighted by atomic mass is 10.1. The molecule has 2 nitrogen and oxygen atoms in total. The summed E-state index contributed by atoms with van der Waals surface area (Å²) >= 11 is 11.9. The minimum absolute atomic E-state index is 0.0401.